The molecular formula is C14H27NO2. The summed E-state index contributed by atoms with van der Waals surface area (Å²) in [6, 6.07) is 12.0. The van der Waals surface area contributed by atoms with Gasteiger partial charge in [-0.2, -0.15) is 0 Å². The van der Waals surface area contributed by atoms with Crippen molar-refractivity contribution in [3.63, 3.8) is 0 Å². The molecule has 0 saturated heterocycles. The van der Waals surface area contributed by atoms with Gasteiger partial charge in [0.25, 0.3) is 0 Å². The van der Waals surface area contributed by atoms with E-state index in [1.165, 1.54) is 0 Å². The molecule has 1 aromatic carbocycles. The second-order valence-corrected chi connectivity index (χ2v) is 3.63. The van der Waals surface area contributed by atoms with Crippen LogP contribution in [-0.2, 0) is 0 Å². The summed E-state index contributed by atoms with van der Waals surface area (Å²) in [4.78, 5) is 0. The fourth-order valence-corrected chi connectivity index (χ4v) is 0.962. The minimum absolute atomic E-state index is 0.522. The van der Waals surface area contributed by atoms with Crippen LogP contribution in [0.2, 0.25) is 0 Å². The molecule has 1 aromatic rings. The number of nitrogens with one attached hydrogen (secondary N) is 1. The summed E-state index contributed by atoms with van der Waals surface area (Å²) in [5, 5.41) is 19.4. The highest BCUT2D eigenvalue weighted by molar-refractivity contribution is 4.99. The molecule has 3 N–H and O–H groups in total. The summed E-state index contributed by atoms with van der Waals surface area (Å²) in [6.45, 7) is 2.09. The van der Waals surface area contributed by atoms with Crippen molar-refractivity contribution in [3.05, 3.63) is 36.4 Å². The Hall–Kier alpha value is -0.900. The average molecular weight is 241 g/mol. The Morgan fingerprint density at radius 1 is 0.882 bits per heavy atom. The van der Waals surface area contributed by atoms with Crippen LogP contribution in [0.15, 0.2) is 36.4 Å². The zero-order valence-corrected chi connectivity index (χ0v) is 11.3. The minimum Gasteiger partial charge on any atom is -0.368 e. The molecule has 0 atom stereocenters. The van der Waals surface area contributed by atoms with Gasteiger partial charge in [0.2, 0.25) is 0 Å². The van der Waals surface area contributed by atoms with Crippen molar-refractivity contribution >= 4 is 0 Å². The number of hydrogen-bond acceptors (Lipinski definition) is 3. The third-order valence-corrected chi connectivity index (χ3v) is 1.73. The fraction of sp³-hybridized carbons (Fsp3) is 0.571. The summed E-state index contributed by atoms with van der Waals surface area (Å²) < 4.78 is 0. The highest BCUT2D eigenvalue weighted by atomic mass is 16.5. The second-order valence-electron chi connectivity index (χ2n) is 3.63. The Kier molecular flexibility index (Phi) is 19.0. The smallest absolute Gasteiger partial charge is 0.151 e. The molecule has 0 aliphatic heterocycles. The van der Waals surface area contributed by atoms with Crippen molar-refractivity contribution < 1.29 is 10.2 Å². The molecule has 0 radical (unpaired) electrons. The Morgan fingerprint density at radius 3 is 1.47 bits per heavy atom. The molecule has 0 heterocycles. The van der Waals surface area contributed by atoms with Crippen LogP contribution in [0.3, 0.4) is 0 Å². The van der Waals surface area contributed by atoms with Crippen LogP contribution in [0.5, 0.6) is 0 Å². The van der Waals surface area contributed by atoms with Gasteiger partial charge in [-0.05, 0) is 26.9 Å². The number of unbranched alkanes of at least 4 members (excludes halogenated alkanes) is 2. The standard InChI is InChI=1S/C6H14O2.C6H6.C2H7N/c1-2-3-4-5-6(7)8;1-2-4-6-5-3-1;1-3-2/h6-8H,2-5H2,1H3;1-6H;3H,1-2H3. The van der Waals surface area contributed by atoms with E-state index in [-0.39, 0.29) is 0 Å². The zero-order valence-electron chi connectivity index (χ0n) is 11.3. The van der Waals surface area contributed by atoms with Gasteiger partial charge in [0.1, 0.15) is 0 Å². The lowest BCUT2D eigenvalue weighted by Gasteiger charge is -1.99. The van der Waals surface area contributed by atoms with Crippen molar-refractivity contribution in [2.24, 2.45) is 0 Å². The molecule has 0 bridgehead atoms. The van der Waals surface area contributed by atoms with Crippen molar-refractivity contribution in [2.75, 3.05) is 14.1 Å². The van der Waals surface area contributed by atoms with Gasteiger partial charge in [-0.3, -0.25) is 0 Å². The maximum Gasteiger partial charge on any atom is 0.151 e. The lowest BCUT2D eigenvalue weighted by molar-refractivity contribution is -0.0465. The fourth-order valence-electron chi connectivity index (χ4n) is 0.962. The van der Waals surface area contributed by atoms with E-state index in [1.807, 2.05) is 50.5 Å². The molecule has 0 aromatic heterocycles. The molecule has 3 nitrogen and oxygen atoms in total. The largest absolute Gasteiger partial charge is 0.368 e. The van der Waals surface area contributed by atoms with E-state index in [2.05, 4.69) is 12.2 Å². The van der Waals surface area contributed by atoms with E-state index in [9.17, 15) is 0 Å². The van der Waals surface area contributed by atoms with E-state index in [0.29, 0.717) is 6.42 Å². The summed E-state index contributed by atoms with van der Waals surface area (Å²) in [6.07, 6.45) is 2.58. The molecule has 0 aliphatic rings. The maximum absolute atomic E-state index is 8.33. The summed E-state index contributed by atoms with van der Waals surface area (Å²) in [5.41, 5.74) is 0. The molecule has 3 heteroatoms. The summed E-state index contributed by atoms with van der Waals surface area (Å²) in [5.74, 6) is 0. The lowest BCUT2D eigenvalue weighted by Crippen LogP contribution is -2.02. The molecule has 0 amide bonds. The van der Waals surface area contributed by atoms with Crippen LogP contribution >= 0.6 is 0 Å². The van der Waals surface area contributed by atoms with Crippen molar-refractivity contribution in [1.82, 2.24) is 5.32 Å². The summed E-state index contributed by atoms with van der Waals surface area (Å²) in [7, 11) is 3.75. The Morgan fingerprint density at radius 2 is 1.24 bits per heavy atom. The molecule has 17 heavy (non-hydrogen) atoms. The van der Waals surface area contributed by atoms with Crippen molar-refractivity contribution in [1.29, 1.82) is 0 Å². The molecule has 1 rings (SSSR count). The molecule has 0 spiro atoms. The van der Waals surface area contributed by atoms with Crippen LogP contribution < -0.4 is 5.32 Å². The summed E-state index contributed by atoms with van der Waals surface area (Å²) >= 11 is 0. The van der Waals surface area contributed by atoms with Crippen LogP contribution in [-0.4, -0.2) is 30.6 Å². The van der Waals surface area contributed by atoms with Gasteiger partial charge in [-0.15, -0.1) is 0 Å². The van der Waals surface area contributed by atoms with E-state index < -0.39 is 6.29 Å². The first kappa shape index (κ1) is 18.5. The minimum atomic E-state index is -1.10. The van der Waals surface area contributed by atoms with E-state index in [4.69, 9.17) is 10.2 Å². The zero-order chi connectivity index (χ0) is 13.4. The normalized spacial score (nSPS) is 8.82. The molecule has 0 aliphatic carbocycles. The van der Waals surface area contributed by atoms with Crippen molar-refractivity contribution in [2.45, 2.75) is 38.9 Å². The molecule has 0 unspecified atom stereocenters. The third kappa shape index (κ3) is 25.4. The van der Waals surface area contributed by atoms with Gasteiger partial charge in [-0.25, -0.2) is 0 Å². The van der Waals surface area contributed by atoms with Crippen LogP contribution in [0, 0.1) is 0 Å². The van der Waals surface area contributed by atoms with Crippen LogP contribution in [0.4, 0.5) is 0 Å². The quantitative estimate of drug-likeness (QED) is 0.560. The number of hydrogen-bond donors (Lipinski definition) is 3. The van der Waals surface area contributed by atoms with Gasteiger partial charge in [0.05, 0.1) is 0 Å². The van der Waals surface area contributed by atoms with Gasteiger partial charge >= 0.3 is 0 Å². The van der Waals surface area contributed by atoms with Gasteiger partial charge in [-0.1, -0.05) is 56.2 Å². The van der Waals surface area contributed by atoms with Gasteiger partial charge < -0.3 is 15.5 Å². The second kappa shape index (κ2) is 17.5. The Bertz CT molecular complexity index is 176. The monoisotopic (exact) mass is 241 g/mol. The lowest BCUT2D eigenvalue weighted by atomic mass is 10.2. The van der Waals surface area contributed by atoms with Gasteiger partial charge in [0, 0.05) is 0 Å². The number of aliphatic hydroxyl groups is 2. The third-order valence-electron chi connectivity index (χ3n) is 1.73. The first-order valence-corrected chi connectivity index (χ1v) is 6.13. The highest BCUT2D eigenvalue weighted by Crippen LogP contribution is 1.99. The van der Waals surface area contributed by atoms with Crippen LogP contribution in [0.1, 0.15) is 32.6 Å². The predicted molar refractivity (Wildman–Crippen MR) is 73.8 cm³/mol. The first-order valence-electron chi connectivity index (χ1n) is 6.13. The first-order chi connectivity index (χ1) is 8.18. The SMILES string of the molecule is CCCCCC(O)O.CNC.c1ccccc1. The topological polar surface area (TPSA) is 52.5 Å². The highest BCUT2D eigenvalue weighted by Gasteiger charge is 1.93. The molecule has 0 fully saturated rings. The predicted octanol–water partition coefficient (Wildman–Crippen LogP) is 2.40. The van der Waals surface area contributed by atoms with E-state index in [0.717, 1.165) is 19.3 Å². The Balaban J connectivity index is 0. The van der Waals surface area contributed by atoms with Gasteiger partial charge in [0.15, 0.2) is 6.29 Å². The number of rotatable bonds is 4. The van der Waals surface area contributed by atoms with E-state index in [1.54, 1.807) is 0 Å². The maximum atomic E-state index is 8.33. The van der Waals surface area contributed by atoms with E-state index >= 15 is 0 Å². The Labute approximate surface area is 106 Å². The van der Waals surface area contributed by atoms with Crippen molar-refractivity contribution in [3.8, 4) is 0 Å². The number of benzene rings is 1. The molecule has 100 valence electrons. The molecule has 0 saturated carbocycles. The van der Waals surface area contributed by atoms with Crippen LogP contribution in [0.25, 0.3) is 0 Å². The molecular weight excluding hydrogens is 214 g/mol. The number of aliphatic hydroxyl groups excluding tert-OH is 1. The average Bonchev–Trinajstić information content (AvgIpc) is 2.33.